The highest BCUT2D eigenvalue weighted by atomic mass is 32.1. The van der Waals surface area contributed by atoms with Crippen LogP contribution in [0.4, 0.5) is 32.0 Å². The summed E-state index contributed by atoms with van der Waals surface area (Å²) in [6.07, 6.45) is -8.22. The van der Waals surface area contributed by atoms with E-state index in [2.05, 4.69) is 10.3 Å². The van der Waals surface area contributed by atoms with Crippen LogP contribution in [0.2, 0.25) is 0 Å². The van der Waals surface area contributed by atoms with Crippen molar-refractivity contribution in [2.45, 2.75) is 38.7 Å². The van der Waals surface area contributed by atoms with Crippen molar-refractivity contribution in [2.24, 2.45) is 5.92 Å². The van der Waals surface area contributed by atoms with E-state index in [9.17, 15) is 40.7 Å². The highest BCUT2D eigenvalue weighted by Crippen LogP contribution is 2.36. The first-order chi connectivity index (χ1) is 17.3. The normalized spacial score (nSPS) is 15.3. The van der Waals surface area contributed by atoms with Crippen molar-refractivity contribution in [1.29, 1.82) is 0 Å². The summed E-state index contributed by atoms with van der Waals surface area (Å²) >= 11 is 0.935. The minimum Gasteiger partial charge on any atom is -0.338 e. The number of hydrogen-bond donors (Lipinski definition) is 1. The van der Waals surface area contributed by atoms with E-state index in [1.54, 1.807) is 0 Å². The zero-order valence-corrected chi connectivity index (χ0v) is 20.1. The topological polar surface area (TPSA) is 84.3 Å². The second-order valence-electron chi connectivity index (χ2n) is 8.65. The highest BCUT2D eigenvalue weighted by molar-refractivity contribution is 7.20. The van der Waals surface area contributed by atoms with Gasteiger partial charge in [-0.2, -0.15) is 26.3 Å². The quantitative estimate of drug-likeness (QED) is 0.475. The summed E-state index contributed by atoms with van der Waals surface area (Å²) in [6.45, 7) is 0.848. The Hall–Kier alpha value is -3.42. The molecular weight excluding hydrogens is 526 g/mol. The van der Waals surface area contributed by atoms with Crippen molar-refractivity contribution in [3.63, 3.8) is 0 Å². The summed E-state index contributed by atoms with van der Waals surface area (Å²) in [6, 6.07) is 4.03. The Morgan fingerprint density at radius 1 is 1.14 bits per heavy atom. The van der Waals surface area contributed by atoms with Crippen LogP contribution in [0.25, 0.3) is 10.2 Å². The molecule has 0 spiro atoms. The van der Waals surface area contributed by atoms with Crippen LogP contribution in [0.3, 0.4) is 0 Å². The first kappa shape index (κ1) is 26.6. The molecule has 0 atom stereocenters. The van der Waals surface area contributed by atoms with Crippen LogP contribution >= 0.6 is 11.3 Å². The number of amides is 2. The smallest absolute Gasteiger partial charge is 0.338 e. The number of likely N-dealkylation sites (tertiary alicyclic amines) is 1. The maximum Gasteiger partial charge on any atom is 0.416 e. The van der Waals surface area contributed by atoms with Crippen molar-refractivity contribution in [1.82, 2.24) is 14.5 Å². The summed E-state index contributed by atoms with van der Waals surface area (Å²) < 4.78 is 78.5. The van der Waals surface area contributed by atoms with E-state index in [0.717, 1.165) is 40.4 Å². The lowest BCUT2D eigenvalue weighted by Gasteiger charge is -2.32. The van der Waals surface area contributed by atoms with Gasteiger partial charge in [-0.05, 0) is 43.5 Å². The fraction of sp³-hybridized carbons (Fsp3) is 0.391. The van der Waals surface area contributed by atoms with Gasteiger partial charge >= 0.3 is 12.4 Å². The van der Waals surface area contributed by atoms with Crippen LogP contribution in [0.5, 0.6) is 0 Å². The average molecular weight is 546 g/mol. The second-order valence-corrected chi connectivity index (χ2v) is 9.65. The van der Waals surface area contributed by atoms with Crippen molar-refractivity contribution >= 4 is 39.1 Å². The van der Waals surface area contributed by atoms with Crippen molar-refractivity contribution in [3.8, 4) is 0 Å². The van der Waals surface area contributed by atoms with E-state index >= 15 is 0 Å². The van der Waals surface area contributed by atoms with Gasteiger partial charge in [0.2, 0.25) is 5.91 Å². The molecular formula is C23H20F6N4O3S. The van der Waals surface area contributed by atoms with E-state index in [1.165, 1.54) is 17.9 Å². The SMILES string of the molecule is Cc1c(C(=O)N2CCC(C(F)(F)F)CC2)sc2ncn(CC(=O)Nc3cccc(C(F)(F)F)c3)c(=O)c12. The number of rotatable bonds is 4. The zero-order chi connectivity index (χ0) is 27.1. The van der Waals surface area contributed by atoms with Crippen molar-refractivity contribution in [3.05, 3.63) is 57.0 Å². The Balaban J connectivity index is 1.51. The molecule has 1 saturated heterocycles. The van der Waals surface area contributed by atoms with Gasteiger partial charge in [0.1, 0.15) is 11.4 Å². The van der Waals surface area contributed by atoms with Gasteiger partial charge in [-0.1, -0.05) is 6.07 Å². The number of halogens is 6. The number of thiophene rings is 1. The summed E-state index contributed by atoms with van der Waals surface area (Å²) in [4.78, 5) is 44.3. The zero-order valence-electron chi connectivity index (χ0n) is 19.2. The lowest BCUT2D eigenvalue weighted by atomic mass is 9.96. The van der Waals surface area contributed by atoms with Crippen LogP contribution < -0.4 is 10.9 Å². The Labute approximate surface area is 209 Å². The molecule has 1 fully saturated rings. The van der Waals surface area contributed by atoms with E-state index in [-0.39, 0.29) is 46.7 Å². The van der Waals surface area contributed by atoms with Crippen molar-refractivity contribution < 1.29 is 35.9 Å². The third-order valence-electron chi connectivity index (χ3n) is 6.14. The maximum atomic E-state index is 13.0. The molecule has 37 heavy (non-hydrogen) atoms. The van der Waals surface area contributed by atoms with Gasteiger partial charge in [0.25, 0.3) is 11.5 Å². The number of nitrogens with zero attached hydrogens (tertiary/aromatic N) is 3. The standard InChI is InChI=1S/C23H20F6N4O3S/c1-12-17-19(37-18(12)21(36)32-7-5-13(6-8-32)22(24,25)26)30-11-33(20(17)35)10-16(34)31-15-4-2-3-14(9-15)23(27,28)29/h2-4,9,11,13H,5-8,10H2,1H3,(H,31,34). The highest BCUT2D eigenvalue weighted by Gasteiger charge is 2.42. The molecule has 1 aliphatic rings. The number of benzene rings is 1. The molecule has 1 N–H and O–H groups in total. The number of carbonyl (C=O) groups is 2. The minimum absolute atomic E-state index is 0.0654. The van der Waals surface area contributed by atoms with Gasteiger partial charge in [-0.3, -0.25) is 19.0 Å². The van der Waals surface area contributed by atoms with Gasteiger partial charge in [-0.15, -0.1) is 11.3 Å². The number of aryl methyl sites for hydroxylation is 1. The maximum absolute atomic E-state index is 13.0. The molecule has 3 aromatic rings. The number of alkyl halides is 6. The Bertz CT molecular complexity index is 1400. The van der Waals surface area contributed by atoms with Crippen LogP contribution in [-0.4, -0.2) is 45.5 Å². The monoisotopic (exact) mass is 546 g/mol. The van der Waals surface area contributed by atoms with E-state index < -0.39 is 47.8 Å². The first-order valence-corrected chi connectivity index (χ1v) is 11.9. The van der Waals surface area contributed by atoms with Gasteiger partial charge in [0.15, 0.2) is 0 Å². The number of nitrogens with one attached hydrogen (secondary N) is 1. The summed E-state index contributed by atoms with van der Waals surface area (Å²) in [5.41, 5.74) is -1.38. The molecule has 4 rings (SSSR count). The summed E-state index contributed by atoms with van der Waals surface area (Å²) in [5.74, 6) is -2.72. The Morgan fingerprint density at radius 3 is 2.43 bits per heavy atom. The Kier molecular flexibility index (Phi) is 7.06. The third kappa shape index (κ3) is 5.63. The molecule has 1 aliphatic heterocycles. The summed E-state index contributed by atoms with van der Waals surface area (Å²) in [7, 11) is 0. The van der Waals surface area contributed by atoms with E-state index in [0.29, 0.717) is 5.56 Å². The molecule has 0 bridgehead atoms. The van der Waals surface area contributed by atoms with Crippen LogP contribution in [0.1, 0.15) is 33.6 Å². The number of aromatic nitrogens is 2. The fourth-order valence-electron chi connectivity index (χ4n) is 4.16. The van der Waals surface area contributed by atoms with E-state index in [1.807, 2.05) is 0 Å². The molecule has 2 aromatic heterocycles. The first-order valence-electron chi connectivity index (χ1n) is 11.1. The number of carbonyl (C=O) groups excluding carboxylic acids is 2. The molecule has 0 unspecified atom stereocenters. The summed E-state index contributed by atoms with van der Waals surface area (Å²) in [5, 5.41) is 2.40. The average Bonchev–Trinajstić information content (AvgIpc) is 3.16. The van der Waals surface area contributed by atoms with Crippen LogP contribution in [0.15, 0.2) is 35.4 Å². The van der Waals surface area contributed by atoms with Crippen LogP contribution in [0, 0.1) is 12.8 Å². The largest absolute Gasteiger partial charge is 0.416 e. The molecule has 0 aliphatic carbocycles. The minimum atomic E-state index is -4.59. The number of anilines is 1. The predicted molar refractivity (Wildman–Crippen MR) is 123 cm³/mol. The molecule has 0 saturated carbocycles. The van der Waals surface area contributed by atoms with Gasteiger partial charge in [0.05, 0.1) is 28.1 Å². The number of fused-ring (bicyclic) bond motifs is 1. The molecule has 14 heteroatoms. The lowest BCUT2D eigenvalue weighted by Crippen LogP contribution is -2.42. The lowest BCUT2D eigenvalue weighted by molar-refractivity contribution is -0.183. The van der Waals surface area contributed by atoms with Crippen LogP contribution in [-0.2, 0) is 17.5 Å². The third-order valence-corrected chi connectivity index (χ3v) is 7.33. The Morgan fingerprint density at radius 2 is 1.81 bits per heavy atom. The number of hydrogen-bond acceptors (Lipinski definition) is 5. The van der Waals surface area contributed by atoms with Gasteiger partial charge in [-0.25, -0.2) is 4.98 Å². The van der Waals surface area contributed by atoms with Crippen molar-refractivity contribution in [2.75, 3.05) is 18.4 Å². The van der Waals surface area contributed by atoms with Gasteiger partial charge < -0.3 is 10.2 Å². The molecule has 3 heterocycles. The van der Waals surface area contributed by atoms with E-state index in [4.69, 9.17) is 0 Å². The van der Waals surface area contributed by atoms with Gasteiger partial charge in [0, 0.05) is 18.8 Å². The molecule has 0 radical (unpaired) electrons. The number of piperidine rings is 1. The fourth-order valence-corrected chi connectivity index (χ4v) is 5.27. The second kappa shape index (κ2) is 9.80. The molecule has 1 aromatic carbocycles. The predicted octanol–water partition coefficient (Wildman–Crippen LogP) is 4.84. The molecule has 198 valence electrons. The molecule has 2 amide bonds. The molecule has 7 nitrogen and oxygen atoms in total.